The van der Waals surface area contributed by atoms with E-state index in [-0.39, 0.29) is 5.91 Å². The number of benzene rings is 1. The minimum atomic E-state index is -0.0333. The largest absolute Gasteiger partial charge is 0.381 e. The van der Waals surface area contributed by atoms with Crippen molar-refractivity contribution < 1.29 is 14.3 Å². The number of nitrogens with one attached hydrogen (secondary N) is 1. The van der Waals surface area contributed by atoms with Gasteiger partial charge in [0.2, 0.25) is 5.91 Å². The van der Waals surface area contributed by atoms with Crippen LogP contribution in [0.5, 0.6) is 0 Å². The van der Waals surface area contributed by atoms with Crippen LogP contribution < -0.4 is 5.32 Å². The molecule has 2 fully saturated rings. The Bertz CT molecular complexity index is 518. The number of carbonyl (C=O) groups is 1. The monoisotopic (exact) mass is 332 g/mol. The number of hydrogen-bond donors (Lipinski definition) is 1. The molecule has 0 bridgehead atoms. The van der Waals surface area contributed by atoms with Crippen LogP contribution in [0.4, 0.5) is 5.69 Å². The highest BCUT2D eigenvalue weighted by Gasteiger charge is 2.22. The number of piperidine rings is 1. The number of rotatable bonds is 6. The molecular formula is C19H28N2O3. The van der Waals surface area contributed by atoms with E-state index in [1.54, 1.807) is 0 Å². The van der Waals surface area contributed by atoms with Gasteiger partial charge in [0, 0.05) is 44.8 Å². The van der Waals surface area contributed by atoms with Crippen molar-refractivity contribution in [3.63, 3.8) is 0 Å². The molecule has 0 spiro atoms. The van der Waals surface area contributed by atoms with Gasteiger partial charge in [-0.15, -0.1) is 0 Å². The van der Waals surface area contributed by atoms with Gasteiger partial charge in [-0.05, 0) is 37.0 Å². The Labute approximate surface area is 144 Å². The lowest BCUT2D eigenvalue weighted by Gasteiger charge is -2.32. The fourth-order valence-electron chi connectivity index (χ4n) is 3.38. The van der Waals surface area contributed by atoms with E-state index >= 15 is 0 Å². The molecule has 1 amide bonds. The molecule has 0 aliphatic carbocycles. The van der Waals surface area contributed by atoms with Crippen molar-refractivity contribution >= 4 is 11.6 Å². The van der Waals surface area contributed by atoms with Crippen LogP contribution in [0.15, 0.2) is 24.3 Å². The van der Waals surface area contributed by atoms with Crippen molar-refractivity contribution in [3.05, 3.63) is 29.8 Å². The predicted octanol–water partition coefficient (Wildman–Crippen LogP) is 2.66. The third-order valence-electron chi connectivity index (χ3n) is 4.81. The molecule has 5 nitrogen and oxygen atoms in total. The molecule has 1 atom stereocenters. The van der Waals surface area contributed by atoms with E-state index in [0.717, 1.165) is 64.4 Å². The first-order valence-electron chi connectivity index (χ1n) is 8.97. The molecule has 5 heteroatoms. The normalized spacial score (nSPS) is 22.6. The number of amides is 1. The number of hydrogen-bond acceptors (Lipinski definition) is 4. The maximum Gasteiger partial charge on any atom is 0.221 e. The Kier molecular flexibility index (Phi) is 6.24. The zero-order valence-corrected chi connectivity index (χ0v) is 14.5. The second-order valence-corrected chi connectivity index (χ2v) is 6.92. The Morgan fingerprint density at radius 2 is 2.00 bits per heavy atom. The summed E-state index contributed by atoms with van der Waals surface area (Å²) in [7, 11) is 0. The molecule has 0 radical (unpaired) electrons. The van der Waals surface area contributed by atoms with Crippen molar-refractivity contribution in [1.29, 1.82) is 0 Å². The summed E-state index contributed by atoms with van der Waals surface area (Å²) >= 11 is 0. The van der Waals surface area contributed by atoms with Crippen LogP contribution in [-0.2, 0) is 20.8 Å². The summed E-state index contributed by atoms with van der Waals surface area (Å²) in [6, 6.07) is 8.12. The molecule has 3 rings (SSSR count). The summed E-state index contributed by atoms with van der Waals surface area (Å²) in [6.45, 7) is 7.28. The van der Waals surface area contributed by atoms with Gasteiger partial charge in [-0.3, -0.25) is 9.69 Å². The second kappa shape index (κ2) is 8.60. The molecule has 0 saturated carbocycles. The summed E-state index contributed by atoms with van der Waals surface area (Å²) in [6.07, 6.45) is 3.77. The lowest BCUT2D eigenvalue weighted by atomic mass is 10.1. The fraction of sp³-hybridized carbons (Fsp3) is 0.632. The zero-order valence-electron chi connectivity index (χ0n) is 14.5. The Balaban J connectivity index is 1.37. The van der Waals surface area contributed by atoms with E-state index in [1.807, 2.05) is 12.1 Å². The number of carbonyl (C=O) groups excluding carboxylic acids is 1. The minimum absolute atomic E-state index is 0.0333. The lowest BCUT2D eigenvalue weighted by Crippen LogP contribution is -2.37. The molecule has 1 N–H and O–H groups in total. The highest BCUT2D eigenvalue weighted by Crippen LogP contribution is 2.20. The standard InChI is InChI=1S/C19H28N2O3/c1-15(22)20-18-4-2-16(3-5-18)12-21-9-6-19(7-10-21)24-14-17-8-11-23-13-17/h2-5,17,19H,6-14H2,1H3,(H,20,22)/t17-/m1/s1. The SMILES string of the molecule is CC(=O)Nc1ccc(CN2CCC(OC[C@@H]3CCOC3)CC2)cc1. The average Bonchev–Trinajstić information content (AvgIpc) is 3.09. The Morgan fingerprint density at radius 3 is 2.62 bits per heavy atom. The van der Waals surface area contributed by atoms with Crippen LogP contribution in [-0.4, -0.2) is 49.8 Å². The molecule has 132 valence electrons. The first-order valence-corrected chi connectivity index (χ1v) is 8.97. The van der Waals surface area contributed by atoms with Crippen LogP contribution in [0.25, 0.3) is 0 Å². The van der Waals surface area contributed by atoms with Gasteiger partial charge in [-0.1, -0.05) is 12.1 Å². The third kappa shape index (κ3) is 5.30. The summed E-state index contributed by atoms with van der Waals surface area (Å²) in [4.78, 5) is 13.5. The average molecular weight is 332 g/mol. The molecule has 1 aromatic carbocycles. The lowest BCUT2D eigenvalue weighted by molar-refractivity contribution is -0.114. The predicted molar refractivity (Wildman–Crippen MR) is 93.9 cm³/mol. The highest BCUT2D eigenvalue weighted by molar-refractivity contribution is 5.88. The Hall–Kier alpha value is -1.43. The first-order chi connectivity index (χ1) is 11.7. The molecule has 2 aliphatic heterocycles. The number of nitrogens with zero attached hydrogens (tertiary/aromatic N) is 1. The van der Waals surface area contributed by atoms with Gasteiger partial charge in [0.25, 0.3) is 0 Å². The highest BCUT2D eigenvalue weighted by atomic mass is 16.5. The van der Waals surface area contributed by atoms with E-state index in [4.69, 9.17) is 9.47 Å². The number of ether oxygens (including phenoxy) is 2. The van der Waals surface area contributed by atoms with Crippen LogP contribution in [0.3, 0.4) is 0 Å². The molecule has 0 aromatic heterocycles. The molecule has 2 heterocycles. The maximum absolute atomic E-state index is 11.0. The smallest absolute Gasteiger partial charge is 0.221 e. The molecule has 2 saturated heterocycles. The van der Waals surface area contributed by atoms with Crippen molar-refractivity contribution in [1.82, 2.24) is 4.90 Å². The van der Waals surface area contributed by atoms with Gasteiger partial charge in [-0.2, -0.15) is 0 Å². The summed E-state index contributed by atoms with van der Waals surface area (Å²) in [5.41, 5.74) is 2.14. The van der Waals surface area contributed by atoms with Crippen molar-refractivity contribution in [2.45, 2.75) is 38.8 Å². The van der Waals surface area contributed by atoms with Crippen LogP contribution in [0.1, 0.15) is 31.7 Å². The summed E-state index contributed by atoms with van der Waals surface area (Å²) < 4.78 is 11.5. The topological polar surface area (TPSA) is 50.8 Å². The quantitative estimate of drug-likeness (QED) is 0.870. The van der Waals surface area contributed by atoms with Crippen molar-refractivity contribution in [2.75, 3.05) is 38.2 Å². The van der Waals surface area contributed by atoms with Crippen LogP contribution in [0.2, 0.25) is 0 Å². The Morgan fingerprint density at radius 1 is 1.25 bits per heavy atom. The van der Waals surface area contributed by atoms with E-state index < -0.39 is 0 Å². The third-order valence-corrected chi connectivity index (χ3v) is 4.81. The van der Waals surface area contributed by atoms with Gasteiger partial charge in [0.05, 0.1) is 19.3 Å². The minimum Gasteiger partial charge on any atom is -0.381 e. The molecule has 24 heavy (non-hydrogen) atoms. The van der Waals surface area contributed by atoms with Gasteiger partial charge >= 0.3 is 0 Å². The van der Waals surface area contributed by atoms with E-state index in [1.165, 1.54) is 12.5 Å². The summed E-state index contributed by atoms with van der Waals surface area (Å²) in [5.74, 6) is 0.569. The van der Waals surface area contributed by atoms with E-state index in [9.17, 15) is 4.79 Å². The van der Waals surface area contributed by atoms with E-state index in [2.05, 4.69) is 22.3 Å². The number of anilines is 1. The fourth-order valence-corrected chi connectivity index (χ4v) is 3.38. The van der Waals surface area contributed by atoms with Gasteiger partial charge in [0.15, 0.2) is 0 Å². The maximum atomic E-state index is 11.0. The number of likely N-dealkylation sites (tertiary alicyclic amines) is 1. The summed E-state index contributed by atoms with van der Waals surface area (Å²) in [5, 5.41) is 2.80. The second-order valence-electron chi connectivity index (χ2n) is 6.92. The van der Waals surface area contributed by atoms with E-state index in [0.29, 0.717) is 12.0 Å². The van der Waals surface area contributed by atoms with Crippen LogP contribution >= 0.6 is 0 Å². The van der Waals surface area contributed by atoms with Gasteiger partial charge in [0.1, 0.15) is 0 Å². The van der Waals surface area contributed by atoms with Crippen LogP contribution in [0, 0.1) is 5.92 Å². The first kappa shape index (κ1) is 17.4. The van der Waals surface area contributed by atoms with Crippen molar-refractivity contribution in [3.8, 4) is 0 Å². The zero-order chi connectivity index (χ0) is 16.8. The molecule has 2 aliphatic rings. The van der Waals surface area contributed by atoms with Gasteiger partial charge in [-0.25, -0.2) is 0 Å². The molecular weight excluding hydrogens is 304 g/mol. The molecule has 0 unspecified atom stereocenters. The van der Waals surface area contributed by atoms with Crippen molar-refractivity contribution in [2.24, 2.45) is 5.92 Å². The molecule has 1 aromatic rings. The van der Waals surface area contributed by atoms with Gasteiger partial charge < -0.3 is 14.8 Å².